The standard InChI is InChI=1S/C12H24OSi/c1-8-9-11(2)10-13-14(6,7)12(3,4)5/h8,10H,1,9H2,2-7H3/b11-10+. The van der Waals surface area contributed by atoms with Gasteiger partial charge in [0, 0.05) is 0 Å². The molecular formula is C12H24OSi. The first-order valence-corrected chi connectivity index (χ1v) is 8.06. The lowest BCUT2D eigenvalue weighted by atomic mass is 10.2. The molecule has 0 N–H and O–H groups in total. The van der Waals surface area contributed by atoms with Crippen molar-refractivity contribution >= 4 is 8.32 Å². The molecule has 0 heterocycles. The second kappa shape index (κ2) is 4.83. The minimum Gasteiger partial charge on any atom is -0.549 e. The summed E-state index contributed by atoms with van der Waals surface area (Å²) in [5.74, 6) is 0. The lowest BCUT2D eigenvalue weighted by molar-refractivity contribution is 0.425. The third kappa shape index (κ3) is 4.14. The zero-order valence-electron chi connectivity index (χ0n) is 10.5. The second-order valence-electron chi connectivity index (χ2n) is 5.34. The molecule has 0 aromatic heterocycles. The fraction of sp³-hybridized carbons (Fsp3) is 0.667. The van der Waals surface area contributed by atoms with Gasteiger partial charge in [-0.2, -0.15) is 0 Å². The Bertz CT molecular complexity index is 221. The van der Waals surface area contributed by atoms with Gasteiger partial charge in [-0.15, -0.1) is 6.58 Å². The number of hydrogen-bond donors (Lipinski definition) is 0. The SMILES string of the molecule is C=CC/C(C)=C/O[Si](C)(C)C(C)(C)C. The number of allylic oxidation sites excluding steroid dienone is 2. The van der Waals surface area contributed by atoms with Gasteiger partial charge in [0.25, 0.3) is 0 Å². The summed E-state index contributed by atoms with van der Waals surface area (Å²) in [4.78, 5) is 0. The predicted octanol–water partition coefficient (Wildman–Crippen LogP) is 4.49. The summed E-state index contributed by atoms with van der Waals surface area (Å²) in [6, 6.07) is 0. The number of rotatable bonds is 4. The zero-order chi connectivity index (χ0) is 11.4. The summed E-state index contributed by atoms with van der Waals surface area (Å²) >= 11 is 0. The van der Waals surface area contributed by atoms with Crippen LogP contribution in [-0.2, 0) is 4.43 Å². The van der Waals surface area contributed by atoms with E-state index < -0.39 is 8.32 Å². The summed E-state index contributed by atoms with van der Waals surface area (Å²) in [6.45, 7) is 17.0. The monoisotopic (exact) mass is 212 g/mol. The molecule has 0 fully saturated rings. The van der Waals surface area contributed by atoms with E-state index in [1.54, 1.807) is 0 Å². The fourth-order valence-electron chi connectivity index (χ4n) is 0.700. The Morgan fingerprint density at radius 2 is 1.86 bits per heavy atom. The van der Waals surface area contributed by atoms with E-state index in [1.165, 1.54) is 5.57 Å². The van der Waals surface area contributed by atoms with Gasteiger partial charge in [-0.3, -0.25) is 0 Å². The maximum atomic E-state index is 5.94. The van der Waals surface area contributed by atoms with Crippen molar-refractivity contribution in [2.75, 3.05) is 0 Å². The minimum atomic E-state index is -1.61. The third-order valence-electron chi connectivity index (χ3n) is 2.83. The van der Waals surface area contributed by atoms with Crippen molar-refractivity contribution in [3.63, 3.8) is 0 Å². The van der Waals surface area contributed by atoms with Crippen molar-refractivity contribution in [3.05, 3.63) is 24.5 Å². The lowest BCUT2D eigenvalue weighted by Gasteiger charge is -2.35. The predicted molar refractivity (Wildman–Crippen MR) is 66.9 cm³/mol. The topological polar surface area (TPSA) is 9.23 Å². The molecule has 0 saturated heterocycles. The molecule has 0 amide bonds. The molecule has 0 spiro atoms. The van der Waals surface area contributed by atoms with E-state index in [-0.39, 0.29) is 5.04 Å². The van der Waals surface area contributed by atoms with Crippen LogP contribution in [0.15, 0.2) is 24.5 Å². The minimum absolute atomic E-state index is 0.276. The molecule has 0 aliphatic heterocycles. The average molecular weight is 212 g/mol. The molecule has 0 atom stereocenters. The smallest absolute Gasteiger partial charge is 0.249 e. The highest BCUT2D eigenvalue weighted by Gasteiger charge is 2.37. The van der Waals surface area contributed by atoms with Crippen LogP contribution < -0.4 is 0 Å². The molecule has 0 radical (unpaired) electrons. The van der Waals surface area contributed by atoms with Gasteiger partial charge in [0.1, 0.15) is 0 Å². The van der Waals surface area contributed by atoms with Crippen LogP contribution in [0.2, 0.25) is 18.1 Å². The van der Waals surface area contributed by atoms with Crippen molar-refractivity contribution in [2.45, 2.75) is 52.2 Å². The largest absolute Gasteiger partial charge is 0.549 e. The fourth-order valence-corrected chi connectivity index (χ4v) is 1.55. The van der Waals surface area contributed by atoms with Crippen molar-refractivity contribution in [3.8, 4) is 0 Å². The van der Waals surface area contributed by atoms with E-state index in [9.17, 15) is 0 Å². The van der Waals surface area contributed by atoms with Gasteiger partial charge in [-0.25, -0.2) is 0 Å². The van der Waals surface area contributed by atoms with E-state index in [4.69, 9.17) is 4.43 Å². The molecule has 0 rings (SSSR count). The van der Waals surface area contributed by atoms with Crippen LogP contribution >= 0.6 is 0 Å². The molecule has 0 aromatic carbocycles. The van der Waals surface area contributed by atoms with Gasteiger partial charge in [0.05, 0.1) is 6.26 Å². The Labute approximate surface area is 90.0 Å². The van der Waals surface area contributed by atoms with Crippen LogP contribution in [0.25, 0.3) is 0 Å². The lowest BCUT2D eigenvalue weighted by Crippen LogP contribution is -2.39. The summed E-state index contributed by atoms with van der Waals surface area (Å²) in [5.41, 5.74) is 1.24. The van der Waals surface area contributed by atoms with Gasteiger partial charge in [-0.1, -0.05) is 26.8 Å². The second-order valence-corrected chi connectivity index (χ2v) is 10.1. The Morgan fingerprint density at radius 3 is 2.21 bits per heavy atom. The van der Waals surface area contributed by atoms with Crippen molar-refractivity contribution in [1.29, 1.82) is 0 Å². The number of hydrogen-bond acceptors (Lipinski definition) is 1. The first kappa shape index (κ1) is 13.5. The summed E-state index contributed by atoms with van der Waals surface area (Å²) in [6.07, 6.45) is 4.73. The van der Waals surface area contributed by atoms with Crippen molar-refractivity contribution in [1.82, 2.24) is 0 Å². The van der Waals surface area contributed by atoms with Gasteiger partial charge < -0.3 is 4.43 Å². The van der Waals surface area contributed by atoms with Gasteiger partial charge >= 0.3 is 0 Å². The Morgan fingerprint density at radius 1 is 1.36 bits per heavy atom. The first-order chi connectivity index (χ1) is 6.20. The van der Waals surface area contributed by atoms with E-state index in [0.717, 1.165) is 6.42 Å². The van der Waals surface area contributed by atoms with Crippen molar-refractivity contribution in [2.24, 2.45) is 0 Å². The van der Waals surface area contributed by atoms with Crippen LogP contribution in [0.3, 0.4) is 0 Å². The Hall–Kier alpha value is -0.503. The molecule has 0 aromatic rings. The molecule has 1 nitrogen and oxygen atoms in total. The quantitative estimate of drug-likeness (QED) is 0.379. The van der Waals surface area contributed by atoms with Crippen LogP contribution in [0, 0.1) is 0 Å². The highest BCUT2D eigenvalue weighted by atomic mass is 28.4. The van der Waals surface area contributed by atoms with Crippen LogP contribution in [0.4, 0.5) is 0 Å². The highest BCUT2D eigenvalue weighted by Crippen LogP contribution is 2.36. The normalized spacial score (nSPS) is 14.0. The highest BCUT2D eigenvalue weighted by molar-refractivity contribution is 6.74. The van der Waals surface area contributed by atoms with E-state index in [1.807, 2.05) is 12.3 Å². The summed E-state index contributed by atoms with van der Waals surface area (Å²) in [7, 11) is -1.61. The van der Waals surface area contributed by atoms with Crippen LogP contribution in [0.5, 0.6) is 0 Å². The third-order valence-corrected chi connectivity index (χ3v) is 7.15. The molecular weight excluding hydrogens is 188 g/mol. The van der Waals surface area contributed by atoms with E-state index >= 15 is 0 Å². The van der Waals surface area contributed by atoms with Crippen LogP contribution in [0.1, 0.15) is 34.1 Å². The molecule has 0 saturated carbocycles. The maximum Gasteiger partial charge on any atom is 0.249 e. The van der Waals surface area contributed by atoms with Crippen LogP contribution in [-0.4, -0.2) is 8.32 Å². The Balaban J connectivity index is 4.38. The maximum absolute atomic E-state index is 5.94. The van der Waals surface area contributed by atoms with Gasteiger partial charge in [0.15, 0.2) is 0 Å². The molecule has 0 bridgehead atoms. The van der Waals surface area contributed by atoms with Gasteiger partial charge in [-0.05, 0) is 37.0 Å². The first-order valence-electron chi connectivity index (χ1n) is 5.15. The van der Waals surface area contributed by atoms with Gasteiger partial charge in [0.2, 0.25) is 8.32 Å². The molecule has 14 heavy (non-hydrogen) atoms. The molecule has 2 heteroatoms. The molecule has 82 valence electrons. The van der Waals surface area contributed by atoms with Crippen molar-refractivity contribution < 1.29 is 4.43 Å². The molecule has 0 aliphatic rings. The summed E-state index contributed by atoms with van der Waals surface area (Å²) < 4.78 is 5.94. The average Bonchev–Trinajstić information content (AvgIpc) is 1.99. The molecule has 0 unspecified atom stereocenters. The Kier molecular flexibility index (Phi) is 4.65. The molecule has 0 aliphatic carbocycles. The zero-order valence-corrected chi connectivity index (χ0v) is 11.5. The van der Waals surface area contributed by atoms with E-state index in [2.05, 4.69) is 47.4 Å². The van der Waals surface area contributed by atoms with E-state index in [0.29, 0.717) is 0 Å². The summed E-state index contributed by atoms with van der Waals surface area (Å²) in [5, 5.41) is 0.276.